The molecule has 43 heavy (non-hydrogen) atoms. The Morgan fingerprint density at radius 3 is 1.86 bits per heavy atom. The van der Waals surface area contributed by atoms with E-state index in [-0.39, 0.29) is 11.3 Å². The SMILES string of the molecule is COC(=O)C=Cc1cc2c(-c3ccncc3)nn(C(c3ccccc3)(c3ccccc3)c3ccccc3)c2cc1[N+](=O)[O-]. The lowest BCUT2D eigenvalue weighted by Crippen LogP contribution is -2.38. The number of nitro groups is 1. The van der Waals surface area contributed by atoms with Crippen LogP contribution in [0.15, 0.2) is 134 Å². The Bertz CT molecular complexity index is 1840. The molecule has 0 bridgehead atoms. The molecule has 2 heterocycles. The van der Waals surface area contributed by atoms with Crippen LogP contribution < -0.4 is 0 Å². The topological polar surface area (TPSA) is 100 Å². The van der Waals surface area contributed by atoms with E-state index >= 15 is 0 Å². The zero-order chi connectivity index (χ0) is 29.8. The Morgan fingerprint density at radius 2 is 1.37 bits per heavy atom. The molecule has 8 heteroatoms. The van der Waals surface area contributed by atoms with Crippen LogP contribution in [-0.4, -0.2) is 32.8 Å². The van der Waals surface area contributed by atoms with Crippen LogP contribution in [-0.2, 0) is 15.1 Å². The minimum absolute atomic E-state index is 0.168. The maximum Gasteiger partial charge on any atom is 0.330 e. The maximum atomic E-state index is 12.4. The summed E-state index contributed by atoms with van der Waals surface area (Å²) in [5.74, 6) is -0.615. The van der Waals surface area contributed by atoms with Crippen molar-refractivity contribution in [2.24, 2.45) is 0 Å². The molecule has 210 valence electrons. The quantitative estimate of drug-likeness (QED) is 0.0645. The Hall–Kier alpha value is -5.89. The maximum absolute atomic E-state index is 12.4. The van der Waals surface area contributed by atoms with Gasteiger partial charge in [0.2, 0.25) is 0 Å². The van der Waals surface area contributed by atoms with Crippen molar-refractivity contribution in [3.05, 3.63) is 166 Å². The number of aromatic nitrogens is 3. The van der Waals surface area contributed by atoms with E-state index in [2.05, 4.69) is 4.98 Å². The molecule has 0 fully saturated rings. The molecule has 4 aromatic carbocycles. The monoisotopic (exact) mass is 566 g/mol. The molecule has 0 unspecified atom stereocenters. The smallest absolute Gasteiger partial charge is 0.330 e. The standard InChI is InChI=1S/C35H26N4O4/c1-43-33(40)18-17-26-23-30-32(24-31(26)39(41)42)38(37-34(30)25-19-21-36-22-20-25)35(27-11-5-2-6-12-27,28-13-7-3-8-14-28)29-15-9-4-10-16-29/h2-24H,1H3. The normalized spacial score (nSPS) is 11.6. The number of fused-ring (bicyclic) bond motifs is 1. The number of pyridine rings is 1. The first-order valence-electron chi connectivity index (χ1n) is 13.6. The number of carbonyl (C=O) groups excluding carboxylic acids is 1. The van der Waals surface area contributed by atoms with Gasteiger partial charge in [-0.25, -0.2) is 9.48 Å². The Balaban J connectivity index is 1.80. The van der Waals surface area contributed by atoms with Crippen molar-refractivity contribution in [1.29, 1.82) is 0 Å². The highest BCUT2D eigenvalue weighted by atomic mass is 16.6. The summed E-state index contributed by atoms with van der Waals surface area (Å²) in [5, 5.41) is 18.4. The van der Waals surface area contributed by atoms with Gasteiger partial charge in [-0.2, -0.15) is 5.10 Å². The molecular weight excluding hydrogens is 540 g/mol. The van der Waals surface area contributed by atoms with Gasteiger partial charge in [-0.1, -0.05) is 91.0 Å². The van der Waals surface area contributed by atoms with Crippen molar-refractivity contribution < 1.29 is 14.5 Å². The van der Waals surface area contributed by atoms with E-state index in [1.165, 1.54) is 25.3 Å². The minimum Gasteiger partial charge on any atom is -0.466 e. The van der Waals surface area contributed by atoms with Gasteiger partial charge in [-0.3, -0.25) is 15.1 Å². The first-order valence-corrected chi connectivity index (χ1v) is 13.6. The fourth-order valence-electron chi connectivity index (χ4n) is 5.57. The predicted octanol–water partition coefficient (Wildman–Crippen LogP) is 7.03. The minimum atomic E-state index is -1.01. The Kier molecular flexibility index (Phi) is 7.32. The molecule has 0 aliphatic heterocycles. The van der Waals surface area contributed by atoms with Gasteiger partial charge in [0, 0.05) is 35.5 Å². The Morgan fingerprint density at radius 1 is 0.837 bits per heavy atom. The summed E-state index contributed by atoms with van der Waals surface area (Å²) in [7, 11) is 1.26. The largest absolute Gasteiger partial charge is 0.466 e. The molecule has 0 N–H and O–H groups in total. The molecule has 0 saturated heterocycles. The van der Waals surface area contributed by atoms with Crippen LogP contribution >= 0.6 is 0 Å². The summed E-state index contributed by atoms with van der Waals surface area (Å²) in [4.78, 5) is 28.1. The van der Waals surface area contributed by atoms with E-state index in [9.17, 15) is 14.9 Å². The van der Waals surface area contributed by atoms with Crippen molar-refractivity contribution in [1.82, 2.24) is 14.8 Å². The second kappa shape index (κ2) is 11.5. The van der Waals surface area contributed by atoms with Crippen molar-refractivity contribution in [2.45, 2.75) is 5.54 Å². The summed E-state index contributed by atoms with van der Waals surface area (Å²) < 4.78 is 6.62. The van der Waals surface area contributed by atoms with Crippen LogP contribution in [0.2, 0.25) is 0 Å². The van der Waals surface area contributed by atoms with E-state index in [1.54, 1.807) is 18.5 Å². The lowest BCUT2D eigenvalue weighted by Gasteiger charge is -2.37. The van der Waals surface area contributed by atoms with Gasteiger partial charge in [-0.05, 0) is 41.0 Å². The molecule has 0 spiro atoms. The fourth-order valence-corrected chi connectivity index (χ4v) is 5.57. The second-order valence-electron chi connectivity index (χ2n) is 9.85. The third-order valence-electron chi connectivity index (χ3n) is 7.47. The van der Waals surface area contributed by atoms with Crippen molar-refractivity contribution in [2.75, 3.05) is 7.11 Å². The zero-order valence-corrected chi connectivity index (χ0v) is 23.2. The highest BCUT2D eigenvalue weighted by Crippen LogP contribution is 2.45. The number of nitrogens with zero attached hydrogens (tertiary/aromatic N) is 4. The number of hydrogen-bond acceptors (Lipinski definition) is 6. The molecule has 8 nitrogen and oxygen atoms in total. The number of hydrogen-bond donors (Lipinski definition) is 0. The molecular formula is C35H26N4O4. The number of methoxy groups -OCH3 is 1. The molecule has 0 aliphatic rings. The van der Waals surface area contributed by atoms with Gasteiger partial charge in [0.25, 0.3) is 5.69 Å². The van der Waals surface area contributed by atoms with Crippen LogP contribution in [0.3, 0.4) is 0 Å². The highest BCUT2D eigenvalue weighted by Gasteiger charge is 2.41. The van der Waals surface area contributed by atoms with Gasteiger partial charge >= 0.3 is 5.97 Å². The van der Waals surface area contributed by atoms with Gasteiger partial charge in [0.15, 0.2) is 0 Å². The van der Waals surface area contributed by atoms with Crippen molar-refractivity contribution >= 4 is 28.6 Å². The molecule has 2 aromatic heterocycles. The third kappa shape index (κ3) is 4.85. The first kappa shape index (κ1) is 27.3. The summed E-state index contributed by atoms with van der Waals surface area (Å²) in [6.45, 7) is 0. The van der Waals surface area contributed by atoms with Gasteiger partial charge in [0.05, 0.1) is 23.1 Å². The summed E-state index contributed by atoms with van der Waals surface area (Å²) in [5.41, 5.74) is 3.81. The van der Waals surface area contributed by atoms with Crippen LogP contribution in [0.5, 0.6) is 0 Å². The zero-order valence-electron chi connectivity index (χ0n) is 23.2. The molecule has 0 aliphatic carbocycles. The number of nitro benzene ring substituents is 1. The molecule has 6 rings (SSSR count). The van der Waals surface area contributed by atoms with Crippen LogP contribution in [0.4, 0.5) is 5.69 Å². The summed E-state index contributed by atoms with van der Waals surface area (Å²) in [6, 6.07) is 36.9. The Labute approximate surface area is 247 Å². The van der Waals surface area contributed by atoms with Gasteiger partial charge < -0.3 is 4.74 Å². The van der Waals surface area contributed by atoms with Crippen LogP contribution in [0.25, 0.3) is 28.2 Å². The molecule has 0 saturated carbocycles. The fraction of sp³-hybridized carbons (Fsp3) is 0.0571. The number of ether oxygens (including phenoxy) is 1. The molecule has 0 amide bonds. The molecule has 0 radical (unpaired) electrons. The first-order chi connectivity index (χ1) is 21.0. The van der Waals surface area contributed by atoms with Crippen molar-refractivity contribution in [3.8, 4) is 11.3 Å². The average molecular weight is 567 g/mol. The summed E-state index contributed by atoms with van der Waals surface area (Å²) >= 11 is 0. The van der Waals surface area contributed by atoms with E-state index in [1.807, 2.05) is 108 Å². The summed E-state index contributed by atoms with van der Waals surface area (Å²) in [6.07, 6.45) is 5.94. The number of benzene rings is 4. The van der Waals surface area contributed by atoms with E-state index < -0.39 is 16.4 Å². The molecule has 0 atom stereocenters. The highest BCUT2D eigenvalue weighted by molar-refractivity contribution is 5.98. The number of rotatable bonds is 8. The van der Waals surface area contributed by atoms with Crippen LogP contribution in [0, 0.1) is 10.1 Å². The lowest BCUT2D eigenvalue weighted by molar-refractivity contribution is -0.385. The number of carbonyl (C=O) groups is 1. The lowest BCUT2D eigenvalue weighted by atomic mass is 9.77. The molecule has 6 aromatic rings. The van der Waals surface area contributed by atoms with Gasteiger partial charge in [0.1, 0.15) is 11.2 Å². The van der Waals surface area contributed by atoms with Gasteiger partial charge in [-0.15, -0.1) is 0 Å². The van der Waals surface area contributed by atoms with E-state index in [0.717, 1.165) is 22.3 Å². The van der Waals surface area contributed by atoms with E-state index in [0.29, 0.717) is 16.6 Å². The van der Waals surface area contributed by atoms with Crippen LogP contribution in [0.1, 0.15) is 22.3 Å². The predicted molar refractivity (Wildman–Crippen MR) is 165 cm³/mol. The average Bonchev–Trinajstić information content (AvgIpc) is 3.44. The van der Waals surface area contributed by atoms with Crippen molar-refractivity contribution in [3.63, 3.8) is 0 Å². The van der Waals surface area contributed by atoms with E-state index in [4.69, 9.17) is 9.84 Å². The number of esters is 1. The second-order valence-corrected chi connectivity index (χ2v) is 9.85. The third-order valence-corrected chi connectivity index (χ3v) is 7.47.